The fourth-order valence-electron chi connectivity index (χ4n) is 4.38. The van der Waals surface area contributed by atoms with Gasteiger partial charge in [0, 0.05) is 12.1 Å². The molecule has 0 aromatic carbocycles. The third-order valence-electron chi connectivity index (χ3n) is 6.04. The first kappa shape index (κ1) is 16.1. The Kier molecular flexibility index (Phi) is 3.98. The summed E-state index contributed by atoms with van der Waals surface area (Å²) in [6.45, 7) is 10.1. The summed E-state index contributed by atoms with van der Waals surface area (Å²) in [4.78, 5) is 23.2. The zero-order valence-electron chi connectivity index (χ0n) is 13.7. The zero-order valence-corrected chi connectivity index (χ0v) is 13.7. The SMILES string of the molecule is CC(NC(=O)NC1C2(C)CCC(C2)C1(C)C)C(C)C(=O)O. The van der Waals surface area contributed by atoms with E-state index in [1.54, 1.807) is 13.8 Å². The van der Waals surface area contributed by atoms with E-state index in [0.717, 1.165) is 6.42 Å². The van der Waals surface area contributed by atoms with Gasteiger partial charge < -0.3 is 15.7 Å². The summed E-state index contributed by atoms with van der Waals surface area (Å²) in [5, 5.41) is 14.9. The molecule has 2 aliphatic carbocycles. The van der Waals surface area contributed by atoms with Crippen LogP contribution >= 0.6 is 0 Å². The smallest absolute Gasteiger partial charge is 0.315 e. The fourth-order valence-corrected chi connectivity index (χ4v) is 4.38. The van der Waals surface area contributed by atoms with Gasteiger partial charge in [-0.2, -0.15) is 0 Å². The number of rotatable bonds is 4. The number of carbonyl (C=O) groups is 2. The molecule has 0 aromatic rings. The average molecular weight is 296 g/mol. The Morgan fingerprint density at radius 1 is 1.24 bits per heavy atom. The van der Waals surface area contributed by atoms with Crippen LogP contribution in [0.3, 0.4) is 0 Å². The Balaban J connectivity index is 1.98. The lowest BCUT2D eigenvalue weighted by Gasteiger charge is -2.43. The lowest BCUT2D eigenvalue weighted by molar-refractivity contribution is -0.141. The van der Waals surface area contributed by atoms with E-state index in [2.05, 4.69) is 31.4 Å². The third kappa shape index (κ3) is 2.74. The summed E-state index contributed by atoms with van der Waals surface area (Å²) in [6, 6.07) is -0.490. The first-order valence-electron chi connectivity index (χ1n) is 7.88. The lowest BCUT2D eigenvalue weighted by Crippen LogP contribution is -2.56. The molecule has 2 aliphatic rings. The maximum atomic E-state index is 12.2. The molecule has 0 radical (unpaired) electrons. The van der Waals surface area contributed by atoms with E-state index in [0.29, 0.717) is 5.92 Å². The molecule has 5 atom stereocenters. The second kappa shape index (κ2) is 5.18. The van der Waals surface area contributed by atoms with Gasteiger partial charge in [-0.1, -0.05) is 20.8 Å². The van der Waals surface area contributed by atoms with Crippen LogP contribution in [0.15, 0.2) is 0 Å². The Labute approximate surface area is 126 Å². The van der Waals surface area contributed by atoms with Crippen molar-refractivity contribution < 1.29 is 14.7 Å². The van der Waals surface area contributed by atoms with Crippen LogP contribution in [0.5, 0.6) is 0 Å². The van der Waals surface area contributed by atoms with E-state index in [4.69, 9.17) is 5.11 Å². The Bertz CT molecular complexity index is 444. The molecule has 2 bridgehead atoms. The minimum atomic E-state index is -0.894. The van der Waals surface area contributed by atoms with E-state index in [1.807, 2.05) is 0 Å². The Morgan fingerprint density at radius 3 is 2.33 bits per heavy atom. The third-order valence-corrected chi connectivity index (χ3v) is 6.04. The van der Waals surface area contributed by atoms with Crippen molar-refractivity contribution in [3.8, 4) is 0 Å². The number of hydrogen-bond donors (Lipinski definition) is 3. The van der Waals surface area contributed by atoms with Crippen molar-refractivity contribution >= 4 is 12.0 Å². The summed E-state index contributed by atoms with van der Waals surface area (Å²) in [7, 11) is 0. The van der Waals surface area contributed by atoms with Crippen molar-refractivity contribution in [1.29, 1.82) is 0 Å². The van der Waals surface area contributed by atoms with Gasteiger partial charge in [0.1, 0.15) is 0 Å². The molecule has 3 N–H and O–H groups in total. The largest absolute Gasteiger partial charge is 0.481 e. The van der Waals surface area contributed by atoms with Crippen LogP contribution in [0.1, 0.15) is 53.9 Å². The molecule has 0 saturated heterocycles. The second-order valence-corrected chi connectivity index (χ2v) is 7.88. The Morgan fingerprint density at radius 2 is 1.86 bits per heavy atom. The van der Waals surface area contributed by atoms with E-state index >= 15 is 0 Å². The average Bonchev–Trinajstić information content (AvgIpc) is 2.84. The van der Waals surface area contributed by atoms with Gasteiger partial charge in [0.25, 0.3) is 0 Å². The zero-order chi connectivity index (χ0) is 16.0. The van der Waals surface area contributed by atoms with E-state index in [-0.39, 0.29) is 22.9 Å². The number of amides is 2. The highest BCUT2D eigenvalue weighted by Gasteiger charge is 2.59. The van der Waals surface area contributed by atoms with Gasteiger partial charge >= 0.3 is 12.0 Å². The normalized spacial score (nSPS) is 36.0. The number of nitrogens with one attached hydrogen (secondary N) is 2. The molecule has 21 heavy (non-hydrogen) atoms. The van der Waals surface area contributed by atoms with Crippen LogP contribution in [0.25, 0.3) is 0 Å². The molecule has 5 nitrogen and oxygen atoms in total. The lowest BCUT2D eigenvalue weighted by atomic mass is 9.68. The van der Waals surface area contributed by atoms with E-state index in [1.165, 1.54) is 12.8 Å². The maximum absolute atomic E-state index is 12.2. The number of carboxylic acid groups (broad SMARTS) is 1. The molecule has 0 heterocycles. The van der Waals surface area contributed by atoms with Gasteiger partial charge in [0.05, 0.1) is 5.92 Å². The minimum Gasteiger partial charge on any atom is -0.481 e. The number of carbonyl (C=O) groups excluding carboxylic acids is 1. The molecule has 2 saturated carbocycles. The predicted molar refractivity (Wildman–Crippen MR) is 80.9 cm³/mol. The van der Waals surface area contributed by atoms with Gasteiger partial charge in [-0.25, -0.2) is 4.79 Å². The molecule has 120 valence electrons. The highest BCUT2D eigenvalue weighted by atomic mass is 16.4. The molecule has 0 aliphatic heterocycles. The van der Waals surface area contributed by atoms with Crippen molar-refractivity contribution in [2.45, 2.75) is 66.0 Å². The molecule has 2 fully saturated rings. The molecule has 0 spiro atoms. The number of carboxylic acids is 1. The molecular formula is C16H28N2O3. The van der Waals surface area contributed by atoms with E-state index < -0.39 is 17.9 Å². The topological polar surface area (TPSA) is 78.4 Å². The summed E-state index contributed by atoms with van der Waals surface area (Å²) < 4.78 is 0. The van der Waals surface area contributed by atoms with Gasteiger partial charge in [-0.3, -0.25) is 4.79 Å². The minimum absolute atomic E-state index is 0.103. The standard InChI is InChI=1S/C16H28N2O3/c1-9(12(19)20)10(2)17-14(21)18-13-15(3,4)11-6-7-16(13,5)8-11/h9-11,13H,6-8H2,1-5H3,(H,19,20)(H2,17,18,21). The number of hydrogen-bond acceptors (Lipinski definition) is 2. The highest BCUT2D eigenvalue weighted by molar-refractivity contribution is 5.77. The number of aliphatic carboxylic acids is 1. The van der Waals surface area contributed by atoms with Crippen molar-refractivity contribution in [3.05, 3.63) is 0 Å². The van der Waals surface area contributed by atoms with Crippen LogP contribution in [-0.4, -0.2) is 29.2 Å². The van der Waals surface area contributed by atoms with Crippen LogP contribution in [0, 0.1) is 22.7 Å². The predicted octanol–water partition coefficient (Wildman–Crippen LogP) is 2.61. The molecule has 5 unspecified atom stereocenters. The number of urea groups is 1. The number of fused-ring (bicyclic) bond motifs is 2. The Hall–Kier alpha value is -1.26. The first-order valence-corrected chi connectivity index (χ1v) is 7.88. The first-order chi connectivity index (χ1) is 9.58. The fraction of sp³-hybridized carbons (Fsp3) is 0.875. The van der Waals surface area contributed by atoms with Gasteiger partial charge in [-0.15, -0.1) is 0 Å². The summed E-state index contributed by atoms with van der Waals surface area (Å²) >= 11 is 0. The van der Waals surface area contributed by atoms with Crippen molar-refractivity contribution in [1.82, 2.24) is 10.6 Å². The van der Waals surface area contributed by atoms with Crippen LogP contribution in [-0.2, 0) is 4.79 Å². The maximum Gasteiger partial charge on any atom is 0.315 e. The van der Waals surface area contributed by atoms with Crippen molar-refractivity contribution in [3.63, 3.8) is 0 Å². The molecule has 5 heteroatoms. The summed E-state index contributed by atoms with van der Waals surface area (Å²) in [5.41, 5.74) is 0.277. The van der Waals surface area contributed by atoms with Crippen LogP contribution < -0.4 is 10.6 Å². The van der Waals surface area contributed by atoms with Gasteiger partial charge in [0.15, 0.2) is 0 Å². The quantitative estimate of drug-likeness (QED) is 0.746. The van der Waals surface area contributed by atoms with Crippen molar-refractivity contribution in [2.75, 3.05) is 0 Å². The molecular weight excluding hydrogens is 268 g/mol. The van der Waals surface area contributed by atoms with Crippen LogP contribution in [0.4, 0.5) is 4.79 Å². The van der Waals surface area contributed by atoms with Crippen LogP contribution in [0.2, 0.25) is 0 Å². The summed E-state index contributed by atoms with van der Waals surface area (Å²) in [5.74, 6) is -0.822. The van der Waals surface area contributed by atoms with E-state index in [9.17, 15) is 9.59 Å². The monoisotopic (exact) mass is 296 g/mol. The van der Waals surface area contributed by atoms with Crippen molar-refractivity contribution in [2.24, 2.45) is 22.7 Å². The summed E-state index contributed by atoms with van der Waals surface area (Å²) in [6.07, 6.45) is 3.58. The molecule has 2 rings (SSSR count). The van der Waals surface area contributed by atoms with Gasteiger partial charge in [-0.05, 0) is 49.9 Å². The molecule has 0 aromatic heterocycles. The second-order valence-electron chi connectivity index (χ2n) is 7.88. The van der Waals surface area contributed by atoms with Gasteiger partial charge in [0.2, 0.25) is 0 Å². The molecule has 2 amide bonds. The highest BCUT2D eigenvalue weighted by Crippen LogP contribution is 2.62.